The Hall–Kier alpha value is -0.820. The molecule has 4 unspecified atom stereocenters. The molecule has 0 amide bonds. The molecule has 0 aromatic rings. The van der Waals surface area contributed by atoms with Gasteiger partial charge in [-0.1, -0.05) is 46.3 Å². The number of hydrogen-bond donors (Lipinski definition) is 10. The summed E-state index contributed by atoms with van der Waals surface area (Å²) in [6, 6.07) is 0. The maximum absolute atomic E-state index is 12.4. The minimum atomic E-state index is -1.74. The number of hydrogen-bond acceptors (Lipinski definition) is 14. The first-order valence-corrected chi connectivity index (χ1v) is 20.7. The number of allylic oxidation sites excluding steroid dienone is 1. The molecule has 0 aromatic carbocycles. The zero-order chi connectivity index (χ0) is 40.2. The van der Waals surface area contributed by atoms with Crippen LogP contribution in [-0.4, -0.2) is 151 Å². The molecule has 0 spiro atoms. The van der Waals surface area contributed by atoms with E-state index >= 15 is 0 Å². The lowest BCUT2D eigenvalue weighted by atomic mass is 9.35. The SMILES string of the molecule is C[C@H]1O[C@@H](O[C@H]2CC[C@]3(C)C4[C@H](O)CC5C6=CC(C)(C)CC[C@]6(CO)[C@@H](O)CC5[C@]4(C)CCC3[C@]2(C)CO)[C@H](O)[C@@H](O[C@@H]2O[C@H](CO)[C@@H](O)[C@H](O)[C@H]2O)[C@H]1O. The monoisotopic (exact) mass is 784 g/mol. The Morgan fingerprint density at radius 3 is 2.04 bits per heavy atom. The fourth-order valence-electron chi connectivity index (χ4n) is 13.5. The number of rotatable bonds is 7. The van der Waals surface area contributed by atoms with Crippen LogP contribution in [0, 0.1) is 50.7 Å². The van der Waals surface area contributed by atoms with E-state index in [1.807, 2.05) is 6.92 Å². The van der Waals surface area contributed by atoms with Crippen LogP contribution in [0.2, 0.25) is 0 Å². The summed E-state index contributed by atoms with van der Waals surface area (Å²) in [5.74, 6) is -0.0466. The van der Waals surface area contributed by atoms with E-state index < -0.39 is 103 Å². The summed E-state index contributed by atoms with van der Waals surface area (Å²) in [7, 11) is 0. The van der Waals surface area contributed by atoms with Crippen molar-refractivity contribution in [2.45, 2.75) is 173 Å². The molecule has 2 aliphatic heterocycles. The summed E-state index contributed by atoms with van der Waals surface area (Å²) in [5.41, 5.74) is -1.17. The van der Waals surface area contributed by atoms with Gasteiger partial charge < -0.3 is 70.0 Å². The molecule has 0 bridgehead atoms. The minimum absolute atomic E-state index is 0.0517. The third-order valence-electron chi connectivity index (χ3n) is 16.6. The molecule has 5 aliphatic carbocycles. The first-order valence-electron chi connectivity index (χ1n) is 20.7. The topological polar surface area (TPSA) is 239 Å². The fraction of sp³-hybridized carbons (Fsp3) is 0.951. The highest BCUT2D eigenvalue weighted by Gasteiger charge is 2.70. The van der Waals surface area contributed by atoms with Crippen LogP contribution in [0.3, 0.4) is 0 Å². The summed E-state index contributed by atoms with van der Waals surface area (Å²) in [6.45, 7) is 11.5. The van der Waals surface area contributed by atoms with Crippen LogP contribution in [0.5, 0.6) is 0 Å². The van der Waals surface area contributed by atoms with Gasteiger partial charge in [0.1, 0.15) is 42.7 Å². The van der Waals surface area contributed by atoms with Gasteiger partial charge in [0.25, 0.3) is 0 Å². The van der Waals surface area contributed by atoms with Gasteiger partial charge in [0.05, 0.1) is 44.2 Å². The Balaban J connectivity index is 1.12. The van der Waals surface area contributed by atoms with E-state index in [4.69, 9.17) is 18.9 Å². The predicted molar refractivity (Wildman–Crippen MR) is 196 cm³/mol. The average Bonchev–Trinajstić information content (AvgIpc) is 3.13. The largest absolute Gasteiger partial charge is 0.396 e. The second kappa shape index (κ2) is 14.7. The van der Waals surface area contributed by atoms with Crippen LogP contribution in [0.4, 0.5) is 0 Å². The van der Waals surface area contributed by atoms with E-state index in [9.17, 15) is 51.1 Å². The van der Waals surface area contributed by atoms with E-state index in [-0.39, 0.29) is 47.7 Å². The molecule has 7 rings (SSSR count). The lowest BCUT2D eigenvalue weighted by molar-refractivity contribution is -0.368. The summed E-state index contributed by atoms with van der Waals surface area (Å²) >= 11 is 0. The molecule has 14 heteroatoms. The molecule has 10 N–H and O–H groups in total. The second-order valence-corrected chi connectivity index (χ2v) is 20.1. The third kappa shape index (κ3) is 6.43. The first-order chi connectivity index (χ1) is 25.7. The number of ether oxygens (including phenoxy) is 4. The van der Waals surface area contributed by atoms with Crippen LogP contribution in [0.1, 0.15) is 92.9 Å². The van der Waals surface area contributed by atoms with Crippen LogP contribution in [-0.2, 0) is 18.9 Å². The summed E-state index contributed by atoms with van der Waals surface area (Å²) in [5, 5.41) is 110. The molecule has 2 saturated heterocycles. The van der Waals surface area contributed by atoms with E-state index in [1.165, 1.54) is 0 Å². The van der Waals surface area contributed by atoms with Gasteiger partial charge in [0.2, 0.25) is 0 Å². The maximum Gasteiger partial charge on any atom is 0.187 e. The molecule has 2 heterocycles. The van der Waals surface area contributed by atoms with Crippen molar-refractivity contribution in [2.75, 3.05) is 19.8 Å². The van der Waals surface area contributed by atoms with E-state index in [0.717, 1.165) is 31.3 Å². The molecule has 316 valence electrons. The van der Waals surface area contributed by atoms with Gasteiger partial charge in [0.15, 0.2) is 12.6 Å². The van der Waals surface area contributed by atoms with Crippen molar-refractivity contribution in [3.05, 3.63) is 11.6 Å². The highest BCUT2D eigenvalue weighted by atomic mass is 16.7. The zero-order valence-corrected chi connectivity index (χ0v) is 33.3. The van der Waals surface area contributed by atoms with Crippen LogP contribution < -0.4 is 0 Å². The maximum atomic E-state index is 12.4. The standard InChI is InChI=1S/C41H68O14/c1-19-28(47)33(55-35-31(50)30(49)29(48)24(16-42)53-35)32(51)36(52-19)54-27-8-10-39(5)25(40(27,6)17-43)7-9-38(4)21-14-26(46)41(18-44)12-11-37(2,3)15-22(41)20(21)13-23(45)34(38)39/h15,19-21,23-36,42-51H,7-14,16-18H2,1-6H3/t19-,20?,21?,23-,24-,25?,26+,27+,28+,29-,30+,31-,32-,33+,34?,35+,36+,38+,39+,40+,41-/m1/s1. The molecule has 55 heavy (non-hydrogen) atoms. The van der Waals surface area contributed by atoms with Gasteiger partial charge in [-0.05, 0) is 98.2 Å². The smallest absolute Gasteiger partial charge is 0.187 e. The Morgan fingerprint density at radius 1 is 0.709 bits per heavy atom. The van der Waals surface area contributed by atoms with Crippen molar-refractivity contribution in [3.63, 3.8) is 0 Å². The molecule has 21 atom stereocenters. The zero-order valence-electron chi connectivity index (χ0n) is 33.3. The van der Waals surface area contributed by atoms with Gasteiger partial charge >= 0.3 is 0 Å². The summed E-state index contributed by atoms with van der Waals surface area (Å²) in [6.07, 6.45) is -8.76. The Labute approximate surface area is 324 Å². The number of aliphatic hydroxyl groups excluding tert-OH is 10. The molecule has 14 nitrogen and oxygen atoms in total. The van der Waals surface area contributed by atoms with Gasteiger partial charge in [-0.2, -0.15) is 0 Å². The molecule has 6 fully saturated rings. The van der Waals surface area contributed by atoms with Crippen molar-refractivity contribution in [3.8, 4) is 0 Å². The fourth-order valence-corrected chi connectivity index (χ4v) is 13.5. The van der Waals surface area contributed by atoms with Crippen LogP contribution in [0.25, 0.3) is 0 Å². The second-order valence-electron chi connectivity index (χ2n) is 20.1. The molecular formula is C41H68O14. The van der Waals surface area contributed by atoms with Gasteiger partial charge in [-0.15, -0.1) is 0 Å². The average molecular weight is 785 g/mol. The van der Waals surface area contributed by atoms with Crippen molar-refractivity contribution >= 4 is 0 Å². The Bertz CT molecular complexity index is 1430. The summed E-state index contributed by atoms with van der Waals surface area (Å²) in [4.78, 5) is 0. The number of aliphatic hydroxyl groups is 10. The van der Waals surface area contributed by atoms with Gasteiger partial charge in [0, 0.05) is 10.8 Å². The van der Waals surface area contributed by atoms with Gasteiger partial charge in [-0.25, -0.2) is 0 Å². The highest BCUT2D eigenvalue weighted by Crippen LogP contribution is 2.72. The van der Waals surface area contributed by atoms with Crippen molar-refractivity contribution in [2.24, 2.45) is 50.7 Å². The molecule has 4 saturated carbocycles. The molecule has 0 aromatic heterocycles. The molecular weight excluding hydrogens is 716 g/mol. The third-order valence-corrected chi connectivity index (χ3v) is 16.6. The summed E-state index contributed by atoms with van der Waals surface area (Å²) < 4.78 is 23.9. The van der Waals surface area contributed by atoms with E-state index in [1.54, 1.807) is 6.92 Å². The van der Waals surface area contributed by atoms with Crippen molar-refractivity contribution < 1.29 is 70.0 Å². The van der Waals surface area contributed by atoms with Crippen LogP contribution >= 0.6 is 0 Å². The van der Waals surface area contributed by atoms with Crippen LogP contribution in [0.15, 0.2) is 11.6 Å². The lowest BCUT2D eigenvalue weighted by Gasteiger charge is -2.70. The molecule has 0 radical (unpaired) electrons. The normalized spacial score (nSPS) is 56.4. The highest BCUT2D eigenvalue weighted by molar-refractivity contribution is 5.33. The van der Waals surface area contributed by atoms with E-state index in [2.05, 4.69) is 33.8 Å². The number of fused-ring (bicyclic) bond motifs is 7. The Kier molecular flexibility index (Phi) is 11.3. The van der Waals surface area contributed by atoms with Crippen molar-refractivity contribution in [1.82, 2.24) is 0 Å². The van der Waals surface area contributed by atoms with E-state index in [0.29, 0.717) is 25.7 Å². The lowest BCUT2D eigenvalue weighted by Crippen LogP contribution is -2.69. The molecule has 7 aliphatic rings. The quantitative estimate of drug-likeness (QED) is 0.124. The predicted octanol–water partition coefficient (Wildman–Crippen LogP) is 0.341. The minimum Gasteiger partial charge on any atom is -0.396 e. The van der Waals surface area contributed by atoms with Crippen molar-refractivity contribution in [1.29, 1.82) is 0 Å². The first kappa shape index (κ1) is 42.3. The van der Waals surface area contributed by atoms with Gasteiger partial charge in [-0.3, -0.25) is 0 Å². The Morgan fingerprint density at radius 2 is 1.38 bits per heavy atom.